The Labute approximate surface area is 74.3 Å². The van der Waals surface area contributed by atoms with Crippen molar-refractivity contribution >= 4 is 0 Å². The van der Waals surface area contributed by atoms with Gasteiger partial charge < -0.3 is 0 Å². The fraction of sp³-hybridized carbons (Fsp3) is 1.00. The first kappa shape index (κ1) is 9.93. The summed E-state index contributed by atoms with van der Waals surface area (Å²) in [5, 5.41) is 0. The van der Waals surface area contributed by atoms with Crippen LogP contribution in [-0.4, -0.2) is 55.2 Å². The van der Waals surface area contributed by atoms with Crippen molar-refractivity contribution in [3.05, 3.63) is 0 Å². The van der Waals surface area contributed by atoms with Crippen LogP contribution in [0.5, 0.6) is 0 Å². The van der Waals surface area contributed by atoms with E-state index in [0.717, 1.165) is 19.6 Å². The zero-order chi connectivity index (χ0) is 9.14. The maximum absolute atomic E-state index is 12.5. The maximum atomic E-state index is 12.5. The van der Waals surface area contributed by atoms with E-state index in [0.29, 0.717) is 6.04 Å². The molecular formula is C9H19FN2. The van der Waals surface area contributed by atoms with Crippen LogP contribution in [-0.2, 0) is 0 Å². The minimum atomic E-state index is -0.222. The predicted molar refractivity (Wildman–Crippen MR) is 49.1 cm³/mol. The average molecular weight is 174 g/mol. The van der Waals surface area contributed by atoms with Crippen molar-refractivity contribution in [1.29, 1.82) is 0 Å². The second-order valence-corrected chi connectivity index (χ2v) is 3.88. The van der Waals surface area contributed by atoms with Gasteiger partial charge in [0.05, 0.1) is 6.04 Å². The maximum Gasteiger partial charge on any atom is 0.106 e. The van der Waals surface area contributed by atoms with Crippen LogP contribution in [0.2, 0.25) is 0 Å². The Morgan fingerprint density at radius 1 is 1.42 bits per heavy atom. The SMILES string of the molecule is CC(C)N1CCN(C)[C@H](CF)C1. The summed E-state index contributed by atoms with van der Waals surface area (Å²) in [5.41, 5.74) is 0. The minimum absolute atomic E-state index is 0.112. The lowest BCUT2D eigenvalue weighted by molar-refractivity contribution is 0.0618. The minimum Gasteiger partial charge on any atom is -0.298 e. The van der Waals surface area contributed by atoms with Gasteiger partial charge in [-0.05, 0) is 20.9 Å². The first-order valence-electron chi connectivity index (χ1n) is 4.65. The van der Waals surface area contributed by atoms with E-state index in [9.17, 15) is 4.39 Å². The van der Waals surface area contributed by atoms with E-state index in [1.807, 2.05) is 7.05 Å². The standard InChI is InChI=1S/C9H19FN2/c1-8(2)12-5-4-11(3)9(6-10)7-12/h8-9H,4-7H2,1-3H3/t9-/m1/s1. The molecular weight excluding hydrogens is 155 g/mol. The topological polar surface area (TPSA) is 6.48 Å². The highest BCUT2D eigenvalue weighted by Gasteiger charge is 2.25. The third-order valence-electron chi connectivity index (χ3n) is 2.72. The van der Waals surface area contributed by atoms with Crippen LogP contribution in [0.4, 0.5) is 4.39 Å². The number of hydrogen-bond donors (Lipinski definition) is 0. The fourth-order valence-corrected chi connectivity index (χ4v) is 1.61. The molecule has 0 amide bonds. The molecule has 0 aromatic heterocycles. The lowest BCUT2D eigenvalue weighted by atomic mass is 10.1. The van der Waals surface area contributed by atoms with Gasteiger partial charge in [-0.15, -0.1) is 0 Å². The van der Waals surface area contributed by atoms with Crippen molar-refractivity contribution in [2.75, 3.05) is 33.4 Å². The second kappa shape index (κ2) is 4.19. The molecule has 1 aliphatic rings. The molecule has 2 nitrogen and oxygen atoms in total. The third kappa shape index (κ3) is 2.17. The summed E-state index contributed by atoms with van der Waals surface area (Å²) in [4.78, 5) is 4.45. The van der Waals surface area contributed by atoms with Crippen LogP contribution >= 0.6 is 0 Å². The Kier molecular flexibility index (Phi) is 3.47. The molecule has 1 fully saturated rings. The second-order valence-electron chi connectivity index (χ2n) is 3.88. The van der Waals surface area contributed by atoms with Crippen molar-refractivity contribution in [2.45, 2.75) is 25.9 Å². The van der Waals surface area contributed by atoms with Gasteiger partial charge in [-0.3, -0.25) is 9.80 Å². The van der Waals surface area contributed by atoms with E-state index in [4.69, 9.17) is 0 Å². The number of alkyl halides is 1. The zero-order valence-corrected chi connectivity index (χ0v) is 8.26. The molecule has 12 heavy (non-hydrogen) atoms. The molecule has 0 spiro atoms. The Hall–Kier alpha value is -0.150. The van der Waals surface area contributed by atoms with E-state index in [2.05, 4.69) is 23.6 Å². The van der Waals surface area contributed by atoms with Crippen molar-refractivity contribution < 1.29 is 4.39 Å². The van der Waals surface area contributed by atoms with E-state index in [1.54, 1.807) is 0 Å². The molecule has 0 aromatic carbocycles. The summed E-state index contributed by atoms with van der Waals surface area (Å²) in [6.07, 6.45) is 0. The summed E-state index contributed by atoms with van der Waals surface area (Å²) in [5.74, 6) is 0. The first-order valence-corrected chi connectivity index (χ1v) is 4.65. The van der Waals surface area contributed by atoms with Gasteiger partial charge in [0.15, 0.2) is 0 Å². The number of likely N-dealkylation sites (N-methyl/N-ethyl adjacent to an activating group) is 1. The lowest BCUT2D eigenvalue weighted by Crippen LogP contribution is -2.54. The monoisotopic (exact) mass is 174 g/mol. The summed E-state index contributed by atoms with van der Waals surface area (Å²) in [7, 11) is 2.00. The molecule has 0 N–H and O–H groups in total. The van der Waals surface area contributed by atoms with Gasteiger partial charge in [0.25, 0.3) is 0 Å². The molecule has 0 unspecified atom stereocenters. The largest absolute Gasteiger partial charge is 0.298 e. The van der Waals surface area contributed by atoms with Crippen molar-refractivity contribution in [3.8, 4) is 0 Å². The van der Waals surface area contributed by atoms with Crippen LogP contribution in [0.25, 0.3) is 0 Å². The molecule has 0 radical (unpaired) electrons. The predicted octanol–water partition coefficient (Wildman–Crippen LogP) is 0.980. The third-order valence-corrected chi connectivity index (χ3v) is 2.72. The molecule has 1 atom stereocenters. The Morgan fingerprint density at radius 2 is 2.08 bits per heavy atom. The smallest absolute Gasteiger partial charge is 0.106 e. The molecule has 3 heteroatoms. The van der Waals surface area contributed by atoms with Gasteiger partial charge in [0, 0.05) is 25.7 Å². The van der Waals surface area contributed by atoms with Crippen molar-refractivity contribution in [2.24, 2.45) is 0 Å². The Morgan fingerprint density at radius 3 is 2.58 bits per heavy atom. The van der Waals surface area contributed by atoms with Crippen LogP contribution < -0.4 is 0 Å². The molecule has 0 saturated carbocycles. The van der Waals surface area contributed by atoms with Gasteiger partial charge in [-0.1, -0.05) is 0 Å². The lowest BCUT2D eigenvalue weighted by Gasteiger charge is -2.40. The number of hydrogen-bond acceptors (Lipinski definition) is 2. The highest BCUT2D eigenvalue weighted by molar-refractivity contribution is 4.80. The highest BCUT2D eigenvalue weighted by Crippen LogP contribution is 2.10. The summed E-state index contributed by atoms with van der Waals surface area (Å²) in [6, 6.07) is 0.661. The molecule has 1 saturated heterocycles. The summed E-state index contributed by atoms with van der Waals surface area (Å²) >= 11 is 0. The Balaban J connectivity index is 2.44. The van der Waals surface area contributed by atoms with Gasteiger partial charge >= 0.3 is 0 Å². The molecule has 1 aliphatic heterocycles. The summed E-state index contributed by atoms with van der Waals surface area (Å²) in [6.45, 7) is 7.06. The zero-order valence-electron chi connectivity index (χ0n) is 8.26. The van der Waals surface area contributed by atoms with Gasteiger partial charge in [-0.2, -0.15) is 0 Å². The normalized spacial score (nSPS) is 28.2. The van der Waals surface area contributed by atoms with Crippen molar-refractivity contribution in [3.63, 3.8) is 0 Å². The molecule has 1 heterocycles. The van der Waals surface area contributed by atoms with Gasteiger partial charge in [0.1, 0.15) is 6.67 Å². The van der Waals surface area contributed by atoms with E-state index in [1.165, 1.54) is 0 Å². The van der Waals surface area contributed by atoms with Crippen LogP contribution in [0.1, 0.15) is 13.8 Å². The van der Waals surface area contributed by atoms with Crippen LogP contribution in [0, 0.1) is 0 Å². The Bertz CT molecular complexity index is 138. The fourth-order valence-electron chi connectivity index (χ4n) is 1.61. The quantitative estimate of drug-likeness (QED) is 0.616. The van der Waals surface area contributed by atoms with E-state index in [-0.39, 0.29) is 12.7 Å². The average Bonchev–Trinajstić information content (AvgIpc) is 2.05. The number of piperazine rings is 1. The summed E-state index contributed by atoms with van der Waals surface area (Å²) < 4.78 is 12.5. The molecule has 0 aromatic rings. The van der Waals surface area contributed by atoms with Crippen molar-refractivity contribution in [1.82, 2.24) is 9.80 Å². The van der Waals surface area contributed by atoms with Crippen LogP contribution in [0.3, 0.4) is 0 Å². The van der Waals surface area contributed by atoms with E-state index >= 15 is 0 Å². The van der Waals surface area contributed by atoms with Gasteiger partial charge in [0.2, 0.25) is 0 Å². The van der Waals surface area contributed by atoms with Crippen LogP contribution in [0.15, 0.2) is 0 Å². The molecule has 0 bridgehead atoms. The highest BCUT2D eigenvalue weighted by atomic mass is 19.1. The number of halogens is 1. The number of rotatable bonds is 2. The van der Waals surface area contributed by atoms with Gasteiger partial charge in [-0.25, -0.2) is 4.39 Å². The first-order chi connectivity index (χ1) is 5.65. The molecule has 0 aliphatic carbocycles. The molecule has 1 rings (SSSR count). The molecule has 72 valence electrons. The van der Waals surface area contributed by atoms with E-state index < -0.39 is 0 Å². The number of nitrogens with zero attached hydrogens (tertiary/aromatic N) is 2.